The van der Waals surface area contributed by atoms with Gasteiger partial charge in [-0.3, -0.25) is 0 Å². The summed E-state index contributed by atoms with van der Waals surface area (Å²) in [5.41, 5.74) is 2.87. The van der Waals surface area contributed by atoms with Gasteiger partial charge in [0.15, 0.2) is 0 Å². The lowest BCUT2D eigenvalue weighted by molar-refractivity contribution is 0.627. The van der Waals surface area contributed by atoms with Crippen molar-refractivity contribution in [3.8, 4) is 0 Å². The molecule has 1 aliphatic heterocycles. The Labute approximate surface area is 76.8 Å². The monoisotopic (exact) mass is 180 g/mol. The molecule has 0 aliphatic carbocycles. The highest BCUT2D eigenvalue weighted by Crippen LogP contribution is 2.22. The van der Waals surface area contributed by atoms with Gasteiger partial charge in [-0.15, -0.1) is 11.8 Å². The maximum atomic E-state index is 4.33. The lowest BCUT2D eigenvalue weighted by atomic mass is 10.0. The Morgan fingerprint density at radius 1 is 1.58 bits per heavy atom. The normalized spacial score (nSPS) is 15.8. The zero-order chi connectivity index (χ0) is 8.39. The molecule has 1 aliphatic rings. The first-order chi connectivity index (χ1) is 5.92. The van der Waals surface area contributed by atoms with Gasteiger partial charge in [0.05, 0.1) is 0 Å². The van der Waals surface area contributed by atoms with Gasteiger partial charge in [-0.25, -0.2) is 4.98 Å². The molecular formula is C9H12N2S. The SMILES string of the molecule is CSc1nccc2c1CNCC2. The van der Waals surface area contributed by atoms with Gasteiger partial charge in [-0.2, -0.15) is 0 Å². The standard InChI is InChI=1S/C9H12N2S/c1-12-9-8-6-10-4-2-7(8)3-5-11-9/h3,5,10H,2,4,6H2,1H3. The Balaban J connectivity index is 2.44. The van der Waals surface area contributed by atoms with Crippen molar-refractivity contribution >= 4 is 11.8 Å². The second kappa shape index (κ2) is 3.46. The predicted octanol–water partition coefficient (Wildman–Crippen LogP) is 1.45. The zero-order valence-electron chi connectivity index (χ0n) is 7.13. The van der Waals surface area contributed by atoms with Crippen molar-refractivity contribution < 1.29 is 0 Å². The summed E-state index contributed by atoms with van der Waals surface area (Å²) >= 11 is 1.73. The Kier molecular flexibility index (Phi) is 2.33. The fraction of sp³-hybridized carbons (Fsp3) is 0.444. The minimum atomic E-state index is 0.985. The molecule has 0 radical (unpaired) electrons. The van der Waals surface area contributed by atoms with E-state index >= 15 is 0 Å². The maximum absolute atomic E-state index is 4.33. The van der Waals surface area contributed by atoms with Crippen LogP contribution in [0.3, 0.4) is 0 Å². The van der Waals surface area contributed by atoms with Crippen LogP contribution in [-0.4, -0.2) is 17.8 Å². The van der Waals surface area contributed by atoms with Crippen LogP contribution in [0.15, 0.2) is 17.3 Å². The number of fused-ring (bicyclic) bond motifs is 1. The number of thioether (sulfide) groups is 1. The van der Waals surface area contributed by atoms with Gasteiger partial charge in [0, 0.05) is 18.3 Å². The van der Waals surface area contributed by atoms with E-state index in [0.717, 1.165) is 19.5 Å². The van der Waals surface area contributed by atoms with Gasteiger partial charge in [0.25, 0.3) is 0 Å². The van der Waals surface area contributed by atoms with Crippen molar-refractivity contribution in [3.63, 3.8) is 0 Å². The highest BCUT2D eigenvalue weighted by atomic mass is 32.2. The van der Waals surface area contributed by atoms with Gasteiger partial charge in [-0.05, 0) is 30.9 Å². The number of rotatable bonds is 1. The van der Waals surface area contributed by atoms with Crippen molar-refractivity contribution in [3.05, 3.63) is 23.4 Å². The molecule has 0 atom stereocenters. The van der Waals surface area contributed by atoms with E-state index in [1.54, 1.807) is 11.8 Å². The number of nitrogens with zero attached hydrogens (tertiary/aromatic N) is 1. The highest BCUT2D eigenvalue weighted by Gasteiger charge is 2.11. The molecule has 0 aromatic carbocycles. The summed E-state index contributed by atoms with van der Waals surface area (Å²) < 4.78 is 0. The molecule has 64 valence electrons. The third-order valence-electron chi connectivity index (χ3n) is 2.18. The molecule has 0 amide bonds. The van der Waals surface area contributed by atoms with Gasteiger partial charge in [0.1, 0.15) is 5.03 Å². The molecule has 1 N–H and O–H groups in total. The molecule has 0 fully saturated rings. The van der Waals surface area contributed by atoms with Gasteiger partial charge >= 0.3 is 0 Å². The van der Waals surface area contributed by atoms with Gasteiger partial charge < -0.3 is 5.32 Å². The van der Waals surface area contributed by atoms with Crippen molar-refractivity contribution in [2.75, 3.05) is 12.8 Å². The summed E-state index contributed by atoms with van der Waals surface area (Å²) in [5.74, 6) is 0. The topological polar surface area (TPSA) is 24.9 Å². The number of aromatic nitrogens is 1. The first-order valence-corrected chi connectivity index (χ1v) is 5.36. The fourth-order valence-corrected chi connectivity index (χ4v) is 2.16. The van der Waals surface area contributed by atoms with E-state index < -0.39 is 0 Å². The van der Waals surface area contributed by atoms with Crippen LogP contribution >= 0.6 is 11.8 Å². The summed E-state index contributed by atoms with van der Waals surface area (Å²) in [6.45, 7) is 2.09. The van der Waals surface area contributed by atoms with Gasteiger partial charge in [0.2, 0.25) is 0 Å². The minimum absolute atomic E-state index is 0.985. The van der Waals surface area contributed by atoms with Gasteiger partial charge in [-0.1, -0.05) is 0 Å². The molecule has 0 unspecified atom stereocenters. The second-order valence-electron chi connectivity index (χ2n) is 2.88. The van der Waals surface area contributed by atoms with E-state index in [0.29, 0.717) is 0 Å². The number of pyridine rings is 1. The van der Waals surface area contributed by atoms with Crippen LogP contribution in [0, 0.1) is 0 Å². The number of hydrogen-bond acceptors (Lipinski definition) is 3. The number of nitrogens with one attached hydrogen (secondary N) is 1. The third kappa shape index (κ3) is 1.34. The first kappa shape index (κ1) is 8.08. The molecule has 3 heteroatoms. The van der Waals surface area contributed by atoms with Crippen molar-refractivity contribution in [2.45, 2.75) is 18.0 Å². The summed E-state index contributed by atoms with van der Waals surface area (Å²) in [4.78, 5) is 4.33. The largest absolute Gasteiger partial charge is 0.312 e. The molecule has 0 saturated carbocycles. The summed E-state index contributed by atoms with van der Waals surface area (Å²) in [6.07, 6.45) is 5.14. The van der Waals surface area contributed by atoms with Crippen molar-refractivity contribution in [2.24, 2.45) is 0 Å². The summed E-state index contributed by atoms with van der Waals surface area (Å²) in [7, 11) is 0. The average Bonchev–Trinajstić information content (AvgIpc) is 2.17. The van der Waals surface area contributed by atoms with Crippen molar-refractivity contribution in [1.82, 2.24) is 10.3 Å². The van der Waals surface area contributed by atoms with Crippen LogP contribution in [0.2, 0.25) is 0 Å². The summed E-state index contributed by atoms with van der Waals surface area (Å²) in [5, 5.41) is 4.54. The van der Waals surface area contributed by atoms with Crippen LogP contribution in [0.1, 0.15) is 11.1 Å². The number of hydrogen-bond donors (Lipinski definition) is 1. The molecule has 0 saturated heterocycles. The minimum Gasteiger partial charge on any atom is -0.312 e. The summed E-state index contributed by atoms with van der Waals surface area (Å²) in [6, 6.07) is 2.13. The van der Waals surface area contributed by atoms with E-state index in [9.17, 15) is 0 Å². The predicted molar refractivity (Wildman–Crippen MR) is 51.4 cm³/mol. The average molecular weight is 180 g/mol. The lowest BCUT2D eigenvalue weighted by Gasteiger charge is -2.18. The maximum Gasteiger partial charge on any atom is 0.100 e. The molecular weight excluding hydrogens is 168 g/mol. The van der Waals surface area contributed by atoms with E-state index in [2.05, 4.69) is 22.6 Å². The molecule has 2 nitrogen and oxygen atoms in total. The Morgan fingerprint density at radius 3 is 3.33 bits per heavy atom. The Morgan fingerprint density at radius 2 is 2.50 bits per heavy atom. The smallest absolute Gasteiger partial charge is 0.100 e. The molecule has 2 heterocycles. The quantitative estimate of drug-likeness (QED) is 0.662. The Hall–Kier alpha value is -0.540. The van der Waals surface area contributed by atoms with E-state index in [1.807, 2.05) is 6.20 Å². The molecule has 0 bridgehead atoms. The van der Waals surface area contributed by atoms with Crippen LogP contribution in [0.5, 0.6) is 0 Å². The zero-order valence-corrected chi connectivity index (χ0v) is 7.95. The first-order valence-electron chi connectivity index (χ1n) is 4.13. The van der Waals surface area contributed by atoms with E-state index in [-0.39, 0.29) is 0 Å². The molecule has 12 heavy (non-hydrogen) atoms. The molecule has 0 spiro atoms. The third-order valence-corrected chi connectivity index (χ3v) is 2.92. The van der Waals surface area contributed by atoms with Crippen molar-refractivity contribution in [1.29, 1.82) is 0 Å². The molecule has 1 aromatic heterocycles. The van der Waals surface area contributed by atoms with E-state index in [1.165, 1.54) is 16.2 Å². The van der Waals surface area contributed by atoms with Crippen LogP contribution < -0.4 is 5.32 Å². The fourth-order valence-electron chi connectivity index (χ4n) is 1.55. The Bertz CT molecular complexity index is 272. The molecule has 2 rings (SSSR count). The van der Waals surface area contributed by atoms with E-state index in [4.69, 9.17) is 0 Å². The van der Waals surface area contributed by atoms with Crippen LogP contribution in [0.4, 0.5) is 0 Å². The lowest BCUT2D eigenvalue weighted by Crippen LogP contribution is -2.24. The van der Waals surface area contributed by atoms with Crippen LogP contribution in [0.25, 0.3) is 0 Å². The highest BCUT2D eigenvalue weighted by molar-refractivity contribution is 7.98. The molecule has 1 aromatic rings. The van der Waals surface area contributed by atoms with Crippen LogP contribution in [-0.2, 0) is 13.0 Å². The second-order valence-corrected chi connectivity index (χ2v) is 3.68.